The fraction of sp³-hybridized carbons (Fsp3) is 0.733. The molecule has 1 aliphatic carbocycles. The van der Waals surface area contributed by atoms with Crippen molar-refractivity contribution < 1.29 is 0 Å². The lowest BCUT2D eigenvalue weighted by atomic mass is 9.76. The largest absolute Gasteiger partial charge is 0.316 e. The molecule has 0 saturated heterocycles. The minimum Gasteiger partial charge on any atom is -0.316 e. The Bertz CT molecular complexity index is 307. The molecule has 1 aromatic heterocycles. The third-order valence-corrected chi connectivity index (χ3v) is 5.24. The summed E-state index contributed by atoms with van der Waals surface area (Å²) in [4.78, 5) is 1.53. The maximum atomic E-state index is 3.56. The van der Waals surface area contributed by atoms with Crippen molar-refractivity contribution in [3.63, 3.8) is 0 Å². The predicted octanol–water partition coefficient (Wildman–Crippen LogP) is 4.10. The fourth-order valence-corrected chi connectivity index (χ4v) is 3.98. The lowest BCUT2D eigenvalue weighted by Gasteiger charge is -2.34. The summed E-state index contributed by atoms with van der Waals surface area (Å²) < 4.78 is 0. The molecule has 1 heterocycles. The Morgan fingerprint density at radius 1 is 1.47 bits per heavy atom. The van der Waals surface area contributed by atoms with E-state index in [0.29, 0.717) is 6.04 Å². The number of hydrogen-bond donors (Lipinski definition) is 1. The van der Waals surface area contributed by atoms with Crippen LogP contribution in [0.25, 0.3) is 0 Å². The first kappa shape index (κ1) is 13.1. The summed E-state index contributed by atoms with van der Waals surface area (Å²) in [6.45, 7) is 2.35. The van der Waals surface area contributed by atoms with Crippen LogP contribution in [0.2, 0.25) is 0 Å². The van der Waals surface area contributed by atoms with E-state index in [-0.39, 0.29) is 0 Å². The Hall–Kier alpha value is -0.340. The van der Waals surface area contributed by atoms with E-state index in [4.69, 9.17) is 0 Å². The van der Waals surface area contributed by atoms with Crippen molar-refractivity contribution in [2.24, 2.45) is 11.8 Å². The van der Waals surface area contributed by atoms with Gasteiger partial charge >= 0.3 is 0 Å². The van der Waals surface area contributed by atoms with Gasteiger partial charge in [-0.15, -0.1) is 11.3 Å². The normalized spacial score (nSPS) is 26.9. The van der Waals surface area contributed by atoms with Gasteiger partial charge in [-0.25, -0.2) is 0 Å². The summed E-state index contributed by atoms with van der Waals surface area (Å²) in [5.74, 6) is 1.87. The minimum atomic E-state index is 0.683. The van der Waals surface area contributed by atoms with Crippen molar-refractivity contribution in [1.82, 2.24) is 5.32 Å². The van der Waals surface area contributed by atoms with E-state index >= 15 is 0 Å². The van der Waals surface area contributed by atoms with E-state index in [1.54, 1.807) is 0 Å². The summed E-state index contributed by atoms with van der Waals surface area (Å²) in [6, 6.07) is 5.13. The van der Waals surface area contributed by atoms with E-state index in [0.717, 1.165) is 11.8 Å². The molecule has 1 fully saturated rings. The molecule has 1 N–H and O–H groups in total. The van der Waals surface area contributed by atoms with Gasteiger partial charge in [-0.2, -0.15) is 0 Å². The van der Waals surface area contributed by atoms with Crippen LogP contribution in [0.4, 0.5) is 0 Å². The monoisotopic (exact) mass is 251 g/mol. The van der Waals surface area contributed by atoms with Crippen LogP contribution < -0.4 is 5.32 Å². The van der Waals surface area contributed by atoms with Gasteiger partial charge in [0.2, 0.25) is 0 Å². The molecule has 0 aromatic carbocycles. The molecule has 1 nitrogen and oxygen atoms in total. The first-order chi connectivity index (χ1) is 8.33. The van der Waals surface area contributed by atoms with Crippen molar-refractivity contribution in [1.29, 1.82) is 0 Å². The molecule has 3 atom stereocenters. The summed E-state index contributed by atoms with van der Waals surface area (Å²) >= 11 is 1.90. The molecule has 1 saturated carbocycles. The minimum absolute atomic E-state index is 0.683. The van der Waals surface area contributed by atoms with Crippen LogP contribution in [0.1, 0.15) is 43.9 Å². The van der Waals surface area contributed by atoms with Crippen molar-refractivity contribution in [3.05, 3.63) is 22.4 Å². The first-order valence-electron chi connectivity index (χ1n) is 7.03. The van der Waals surface area contributed by atoms with Crippen LogP contribution in [-0.2, 0) is 6.42 Å². The molecule has 1 aliphatic rings. The topological polar surface area (TPSA) is 12.0 Å². The molecule has 0 bridgehead atoms. The van der Waals surface area contributed by atoms with Gasteiger partial charge in [0.25, 0.3) is 0 Å². The Balaban J connectivity index is 1.93. The van der Waals surface area contributed by atoms with Gasteiger partial charge in [0.1, 0.15) is 0 Å². The highest BCUT2D eigenvalue weighted by Crippen LogP contribution is 2.34. The third kappa shape index (κ3) is 3.56. The number of hydrogen-bond acceptors (Lipinski definition) is 2. The van der Waals surface area contributed by atoms with Crippen molar-refractivity contribution in [3.8, 4) is 0 Å². The first-order valence-corrected chi connectivity index (χ1v) is 7.91. The second-order valence-corrected chi connectivity index (χ2v) is 6.41. The van der Waals surface area contributed by atoms with E-state index in [1.807, 2.05) is 11.3 Å². The molecule has 3 unspecified atom stereocenters. The summed E-state index contributed by atoms with van der Waals surface area (Å²) in [7, 11) is 2.13. The maximum Gasteiger partial charge on any atom is 0.0141 e. The van der Waals surface area contributed by atoms with Gasteiger partial charge in [-0.05, 0) is 49.6 Å². The smallest absolute Gasteiger partial charge is 0.0141 e. The average Bonchev–Trinajstić information content (AvgIpc) is 2.89. The van der Waals surface area contributed by atoms with E-state index in [2.05, 4.69) is 36.8 Å². The zero-order chi connectivity index (χ0) is 12.1. The van der Waals surface area contributed by atoms with Crippen molar-refractivity contribution >= 4 is 11.3 Å². The molecule has 96 valence electrons. The van der Waals surface area contributed by atoms with Crippen LogP contribution in [0.5, 0.6) is 0 Å². The fourth-order valence-electron chi connectivity index (χ4n) is 3.22. The van der Waals surface area contributed by atoms with Crippen molar-refractivity contribution in [2.45, 2.75) is 51.5 Å². The molecule has 0 aliphatic heterocycles. The number of likely N-dealkylation sites (N-methyl/N-ethyl adjacent to an activating group) is 1. The Morgan fingerprint density at radius 3 is 3.00 bits per heavy atom. The van der Waals surface area contributed by atoms with E-state index < -0.39 is 0 Å². The van der Waals surface area contributed by atoms with Gasteiger partial charge in [0, 0.05) is 10.9 Å². The quantitative estimate of drug-likeness (QED) is 0.831. The van der Waals surface area contributed by atoms with Crippen LogP contribution >= 0.6 is 11.3 Å². The van der Waals surface area contributed by atoms with Gasteiger partial charge in [0.15, 0.2) is 0 Å². The maximum absolute atomic E-state index is 3.56. The highest BCUT2D eigenvalue weighted by molar-refractivity contribution is 7.09. The molecule has 2 rings (SSSR count). The van der Waals surface area contributed by atoms with Crippen molar-refractivity contribution in [2.75, 3.05) is 7.05 Å². The number of rotatable bonds is 5. The van der Waals surface area contributed by atoms with Crippen LogP contribution in [0.15, 0.2) is 17.5 Å². The van der Waals surface area contributed by atoms with Crippen LogP contribution in [-0.4, -0.2) is 13.1 Å². The Morgan fingerprint density at radius 2 is 2.35 bits per heavy atom. The highest BCUT2D eigenvalue weighted by Gasteiger charge is 2.27. The third-order valence-electron chi connectivity index (χ3n) is 4.34. The molecule has 1 aromatic rings. The summed E-state index contributed by atoms with van der Waals surface area (Å²) in [5, 5.41) is 5.75. The predicted molar refractivity (Wildman–Crippen MR) is 76.6 cm³/mol. The second kappa shape index (κ2) is 6.55. The summed E-state index contributed by atoms with van der Waals surface area (Å²) in [5.41, 5.74) is 0. The van der Waals surface area contributed by atoms with E-state index in [1.165, 1.54) is 43.4 Å². The lowest BCUT2D eigenvalue weighted by Crippen LogP contribution is -2.38. The highest BCUT2D eigenvalue weighted by atomic mass is 32.1. The number of nitrogens with one attached hydrogen (secondary N) is 1. The van der Waals surface area contributed by atoms with Crippen LogP contribution in [0, 0.1) is 11.8 Å². The molecule has 2 heteroatoms. The molecule has 0 amide bonds. The van der Waals surface area contributed by atoms with Crippen LogP contribution in [0.3, 0.4) is 0 Å². The molecular formula is C15H25NS. The molecule has 0 spiro atoms. The average molecular weight is 251 g/mol. The SMILES string of the molecule is CCC1CCCC(C(Cc2cccs2)NC)C1. The standard InChI is InChI=1S/C15H25NS/c1-3-12-6-4-7-13(10-12)15(16-2)11-14-8-5-9-17-14/h5,8-9,12-13,15-16H,3-4,6-7,10-11H2,1-2H3. The number of thiophene rings is 1. The zero-order valence-electron chi connectivity index (χ0n) is 11.1. The second-order valence-electron chi connectivity index (χ2n) is 5.38. The molecular weight excluding hydrogens is 226 g/mol. The Kier molecular flexibility index (Phi) is 5.05. The lowest BCUT2D eigenvalue weighted by molar-refractivity contribution is 0.213. The molecule has 17 heavy (non-hydrogen) atoms. The van der Waals surface area contributed by atoms with Gasteiger partial charge in [-0.3, -0.25) is 0 Å². The van der Waals surface area contributed by atoms with E-state index in [9.17, 15) is 0 Å². The summed E-state index contributed by atoms with van der Waals surface area (Å²) in [6.07, 6.45) is 8.34. The van der Waals surface area contributed by atoms with Gasteiger partial charge in [-0.1, -0.05) is 32.3 Å². The zero-order valence-corrected chi connectivity index (χ0v) is 11.9. The Labute approximate surface area is 110 Å². The van der Waals surface area contributed by atoms with Gasteiger partial charge < -0.3 is 5.32 Å². The van der Waals surface area contributed by atoms with Gasteiger partial charge in [0.05, 0.1) is 0 Å². The molecule has 0 radical (unpaired) electrons.